The molecule has 2 aliphatic heterocycles. The monoisotopic (exact) mass is 785 g/mol. The van der Waals surface area contributed by atoms with E-state index in [-0.39, 0.29) is 29.9 Å². The zero-order valence-electron chi connectivity index (χ0n) is 29.9. The first-order valence-electron chi connectivity index (χ1n) is 18.0. The number of hydrogen-bond donors (Lipinski definition) is 1. The molecule has 13 heteroatoms. The Hall–Kier alpha value is -5.31. The van der Waals surface area contributed by atoms with Crippen molar-refractivity contribution >= 4 is 85.8 Å². The molecule has 3 aliphatic rings. The number of ether oxygens (including phenoxy) is 1. The lowest BCUT2D eigenvalue weighted by Crippen LogP contribution is -2.42. The summed E-state index contributed by atoms with van der Waals surface area (Å²) in [4.78, 5) is 26.3. The van der Waals surface area contributed by atoms with Crippen molar-refractivity contribution in [3.63, 3.8) is 0 Å². The molecule has 1 atom stereocenters. The van der Waals surface area contributed by atoms with Crippen LogP contribution in [0.4, 0.5) is 16.0 Å². The Kier molecular flexibility index (Phi) is 9.27. The van der Waals surface area contributed by atoms with Gasteiger partial charge in [0.25, 0.3) is 0 Å². The number of nitrogens with one attached hydrogen (secondary N) is 1. The first kappa shape index (κ1) is 35.4. The van der Waals surface area contributed by atoms with Gasteiger partial charge in [0.1, 0.15) is 17.4 Å². The molecule has 0 spiro atoms. The Morgan fingerprint density at radius 3 is 2.33 bits per heavy atom. The molecule has 4 heterocycles. The lowest BCUT2D eigenvalue weighted by Gasteiger charge is -2.32. The Morgan fingerprint density at radius 1 is 0.873 bits per heavy atom. The fraction of sp³-hybridized carbons (Fsp3) is 0.190. The molecule has 0 radical (unpaired) electrons. The molecule has 2 aromatic heterocycles. The second-order valence-corrected chi connectivity index (χ2v) is 17.5. The summed E-state index contributed by atoms with van der Waals surface area (Å²) in [6.45, 7) is 3.81. The molecule has 6 aromatic rings. The number of carbonyl (C=O) groups excluding carboxylic acids is 1. The Bertz CT molecular complexity index is 2820. The van der Waals surface area contributed by atoms with E-state index in [1.54, 1.807) is 30.4 Å². The van der Waals surface area contributed by atoms with Crippen LogP contribution in [0, 0.1) is 0 Å². The van der Waals surface area contributed by atoms with Gasteiger partial charge >= 0.3 is 0 Å². The normalized spacial score (nSPS) is 15.3. The van der Waals surface area contributed by atoms with E-state index in [2.05, 4.69) is 5.32 Å². The molecule has 0 bridgehead atoms. The van der Waals surface area contributed by atoms with Gasteiger partial charge in [-0.1, -0.05) is 65.1 Å². The third kappa shape index (κ3) is 6.94. The van der Waals surface area contributed by atoms with Crippen molar-refractivity contribution < 1.29 is 22.4 Å². The molecular formula is C42H35N5O5S3. The summed E-state index contributed by atoms with van der Waals surface area (Å²) in [5.41, 5.74) is 5.20. The van der Waals surface area contributed by atoms with E-state index in [1.165, 1.54) is 22.6 Å². The number of sulfonamides is 1. The van der Waals surface area contributed by atoms with Crippen LogP contribution in [-0.2, 0) is 19.6 Å². The van der Waals surface area contributed by atoms with E-state index in [0.717, 1.165) is 47.8 Å². The number of rotatable bonds is 9. The first-order valence-corrected chi connectivity index (χ1v) is 21.1. The SMILES string of the molecule is CC(=O)C(C)OC1CCN(S(=O)(=O)c2ccccc2-c2c3ccc(=Nc4nc5ccccc5s4)cc-3oc3cc(Nc4nc5ccccc5s4)ccc23)CC1. The minimum absolute atomic E-state index is 0.0461. The highest BCUT2D eigenvalue weighted by Crippen LogP contribution is 2.44. The number of nitrogens with zero attached hydrogens (tertiary/aromatic N) is 4. The van der Waals surface area contributed by atoms with Gasteiger partial charge in [-0.25, -0.2) is 23.4 Å². The van der Waals surface area contributed by atoms with Gasteiger partial charge in [-0.2, -0.15) is 4.31 Å². The average molecular weight is 786 g/mol. The number of para-hydroxylation sites is 2. The molecular weight excluding hydrogens is 751 g/mol. The number of carbonyl (C=O) groups is 1. The van der Waals surface area contributed by atoms with E-state index in [9.17, 15) is 13.2 Å². The number of fused-ring (bicyclic) bond motifs is 4. The van der Waals surface area contributed by atoms with Crippen molar-refractivity contribution in [3.05, 3.63) is 115 Å². The number of piperidine rings is 1. The van der Waals surface area contributed by atoms with E-state index < -0.39 is 16.1 Å². The van der Waals surface area contributed by atoms with Crippen LogP contribution in [0.3, 0.4) is 0 Å². The fourth-order valence-corrected chi connectivity index (χ4v) is 10.4. The quantitative estimate of drug-likeness (QED) is 0.143. The van der Waals surface area contributed by atoms with E-state index >= 15 is 0 Å². The van der Waals surface area contributed by atoms with Crippen molar-refractivity contribution in [2.75, 3.05) is 18.4 Å². The molecule has 1 aliphatic carbocycles. The predicted octanol–water partition coefficient (Wildman–Crippen LogP) is 9.55. The van der Waals surface area contributed by atoms with Crippen LogP contribution >= 0.6 is 22.7 Å². The Morgan fingerprint density at radius 2 is 1.58 bits per heavy atom. The molecule has 1 unspecified atom stereocenters. The summed E-state index contributed by atoms with van der Waals surface area (Å²) in [7, 11) is -3.93. The lowest BCUT2D eigenvalue weighted by atomic mass is 9.93. The topological polar surface area (TPSA) is 127 Å². The van der Waals surface area contributed by atoms with Crippen LogP contribution in [0.15, 0.2) is 123 Å². The van der Waals surface area contributed by atoms with Crippen molar-refractivity contribution in [1.29, 1.82) is 0 Å². The highest BCUT2D eigenvalue weighted by atomic mass is 32.2. The maximum Gasteiger partial charge on any atom is 0.243 e. The molecule has 1 saturated heterocycles. The standard InChI is InChI=1S/C42H35N5O5S3/c1-25(48)26(2)51-29-19-21-47(22-20-29)55(49,50)39-14-8-3-9-32(39)40-30-17-15-27(43-41-45-33-10-4-6-12-37(33)53-41)23-35(30)52-36-24-28(16-18-31(36)40)44-42-46-34-11-5-7-13-38(34)54-42/h3-18,23-24,26,29H,19-22H2,1-2H3,(H,43,45). The summed E-state index contributed by atoms with van der Waals surface area (Å²) in [6.07, 6.45) is 0.295. The zero-order chi connectivity index (χ0) is 37.7. The summed E-state index contributed by atoms with van der Waals surface area (Å²) in [6, 6.07) is 34.6. The third-order valence-corrected chi connectivity index (χ3v) is 13.7. The van der Waals surface area contributed by atoms with E-state index in [4.69, 9.17) is 24.1 Å². The van der Waals surface area contributed by atoms with Gasteiger partial charge < -0.3 is 14.5 Å². The van der Waals surface area contributed by atoms with Crippen molar-refractivity contribution in [3.8, 4) is 22.5 Å². The molecule has 9 rings (SSSR count). The van der Waals surface area contributed by atoms with Gasteiger partial charge in [-0.3, -0.25) is 4.79 Å². The maximum atomic E-state index is 14.5. The van der Waals surface area contributed by atoms with Gasteiger partial charge in [0.2, 0.25) is 15.2 Å². The van der Waals surface area contributed by atoms with Crippen molar-refractivity contribution in [1.82, 2.24) is 14.3 Å². The second kappa shape index (κ2) is 14.4. The highest BCUT2D eigenvalue weighted by molar-refractivity contribution is 7.89. The van der Waals surface area contributed by atoms with Crippen LogP contribution in [0.5, 0.6) is 0 Å². The third-order valence-electron chi connectivity index (χ3n) is 9.90. The van der Waals surface area contributed by atoms with Crippen LogP contribution < -0.4 is 10.7 Å². The smallest absolute Gasteiger partial charge is 0.243 e. The number of anilines is 2. The largest absolute Gasteiger partial charge is 0.456 e. The number of hydrogen-bond acceptors (Lipinski definition) is 11. The minimum Gasteiger partial charge on any atom is -0.456 e. The zero-order valence-corrected chi connectivity index (χ0v) is 32.4. The molecule has 55 heavy (non-hydrogen) atoms. The van der Waals surface area contributed by atoms with Crippen molar-refractivity contribution in [2.24, 2.45) is 4.99 Å². The second-order valence-electron chi connectivity index (χ2n) is 13.5. The maximum absolute atomic E-state index is 14.5. The first-order chi connectivity index (χ1) is 26.7. The van der Waals surface area contributed by atoms with E-state index in [0.29, 0.717) is 40.2 Å². The molecule has 276 valence electrons. The van der Waals surface area contributed by atoms with Crippen LogP contribution in [0.2, 0.25) is 0 Å². The van der Waals surface area contributed by atoms with E-state index in [1.807, 2.05) is 97.1 Å². The highest BCUT2D eigenvalue weighted by Gasteiger charge is 2.33. The van der Waals surface area contributed by atoms with Gasteiger partial charge in [0.05, 0.1) is 36.8 Å². The van der Waals surface area contributed by atoms with Crippen LogP contribution in [-0.4, -0.2) is 53.8 Å². The van der Waals surface area contributed by atoms with Gasteiger partial charge in [0.15, 0.2) is 10.9 Å². The molecule has 4 aromatic carbocycles. The van der Waals surface area contributed by atoms with Crippen LogP contribution in [0.1, 0.15) is 26.7 Å². The Labute approximate surface area is 325 Å². The van der Waals surface area contributed by atoms with Gasteiger partial charge in [-0.15, -0.1) is 0 Å². The number of benzene rings is 5. The summed E-state index contributed by atoms with van der Waals surface area (Å²) < 4.78 is 45.3. The van der Waals surface area contributed by atoms with Crippen LogP contribution in [0.25, 0.3) is 53.9 Å². The van der Waals surface area contributed by atoms with Gasteiger partial charge in [0, 0.05) is 53.0 Å². The summed E-state index contributed by atoms with van der Waals surface area (Å²) in [5.74, 6) is 0.502. The van der Waals surface area contributed by atoms with Crippen molar-refractivity contribution in [2.45, 2.75) is 43.8 Å². The molecule has 1 fully saturated rings. The minimum atomic E-state index is -3.93. The Balaban J connectivity index is 1.15. The fourth-order valence-electron chi connectivity index (χ4n) is 7.01. The number of thiazole rings is 2. The molecule has 0 saturated carbocycles. The summed E-state index contributed by atoms with van der Waals surface area (Å²) in [5, 5.41) is 6.24. The number of ketones is 1. The number of aromatic nitrogens is 2. The average Bonchev–Trinajstić information content (AvgIpc) is 3.80. The molecule has 10 nitrogen and oxygen atoms in total. The molecule has 0 amide bonds. The molecule has 1 N–H and O–H groups in total. The van der Waals surface area contributed by atoms with Gasteiger partial charge in [-0.05, 0) is 81.3 Å². The predicted molar refractivity (Wildman–Crippen MR) is 219 cm³/mol. The number of Topliss-reactive ketones (excluding diaryl/α,β-unsaturated/α-hetero) is 1. The summed E-state index contributed by atoms with van der Waals surface area (Å²) >= 11 is 3.07. The lowest BCUT2D eigenvalue weighted by molar-refractivity contribution is -0.132.